The first-order valence-corrected chi connectivity index (χ1v) is 11.9. The third kappa shape index (κ3) is 4.17. The first-order chi connectivity index (χ1) is 16.1. The van der Waals surface area contributed by atoms with Crippen LogP contribution in [0.3, 0.4) is 0 Å². The highest BCUT2D eigenvalue weighted by Crippen LogP contribution is 2.50. The standard InChI is InChI=1S/C26H32N6O/c1-20(2)32-24(9-13-29-32)23-18-30(16-21-7-5-11-27-15-21)19-26(23)10-6-14-31(25(26)33)17-22-8-3-4-12-28-22/h3-5,7-9,11-13,15,20,23H,6,10,14,16-19H2,1-2H3/t23-,26+/m0/s1. The number of likely N-dealkylation sites (tertiary alicyclic amines) is 2. The number of piperidine rings is 1. The van der Waals surface area contributed by atoms with Gasteiger partial charge in [-0.05, 0) is 56.5 Å². The Kier molecular flexibility index (Phi) is 5.98. The quantitative estimate of drug-likeness (QED) is 0.580. The van der Waals surface area contributed by atoms with Crippen LogP contribution in [0.5, 0.6) is 0 Å². The largest absolute Gasteiger partial charge is 0.336 e. The van der Waals surface area contributed by atoms with Crippen molar-refractivity contribution >= 4 is 5.91 Å². The number of rotatable bonds is 6. The van der Waals surface area contributed by atoms with Gasteiger partial charge in [0.25, 0.3) is 0 Å². The molecule has 0 N–H and O–H groups in total. The topological polar surface area (TPSA) is 67.2 Å². The number of aromatic nitrogens is 4. The van der Waals surface area contributed by atoms with Crippen LogP contribution in [-0.4, -0.2) is 55.1 Å². The van der Waals surface area contributed by atoms with Gasteiger partial charge in [0, 0.05) is 68.6 Å². The minimum atomic E-state index is -0.443. The predicted molar refractivity (Wildman–Crippen MR) is 126 cm³/mol. The summed E-state index contributed by atoms with van der Waals surface area (Å²) in [5, 5.41) is 4.61. The Balaban J connectivity index is 1.48. The molecular formula is C26H32N6O. The molecule has 172 valence electrons. The summed E-state index contributed by atoms with van der Waals surface area (Å²) < 4.78 is 2.10. The van der Waals surface area contributed by atoms with Crippen LogP contribution < -0.4 is 0 Å². The summed E-state index contributed by atoms with van der Waals surface area (Å²) in [5.74, 6) is 0.368. The molecule has 7 heteroatoms. The van der Waals surface area contributed by atoms with E-state index in [9.17, 15) is 4.79 Å². The van der Waals surface area contributed by atoms with Crippen molar-refractivity contribution in [2.24, 2.45) is 5.41 Å². The van der Waals surface area contributed by atoms with Crippen LogP contribution in [0, 0.1) is 5.41 Å². The lowest BCUT2D eigenvalue weighted by molar-refractivity contribution is -0.147. The molecule has 33 heavy (non-hydrogen) atoms. The maximum absolute atomic E-state index is 14.2. The molecule has 3 aromatic rings. The summed E-state index contributed by atoms with van der Waals surface area (Å²) in [6, 6.07) is 12.4. The molecule has 0 aromatic carbocycles. The van der Waals surface area contributed by atoms with Gasteiger partial charge >= 0.3 is 0 Å². The van der Waals surface area contributed by atoms with E-state index in [-0.39, 0.29) is 17.9 Å². The van der Waals surface area contributed by atoms with Crippen molar-refractivity contribution in [1.29, 1.82) is 0 Å². The van der Waals surface area contributed by atoms with Crippen molar-refractivity contribution in [2.45, 2.75) is 51.7 Å². The smallest absolute Gasteiger partial charge is 0.231 e. The highest BCUT2D eigenvalue weighted by molar-refractivity contribution is 5.85. The van der Waals surface area contributed by atoms with Crippen molar-refractivity contribution in [3.63, 3.8) is 0 Å². The summed E-state index contributed by atoms with van der Waals surface area (Å²) in [5.41, 5.74) is 2.85. The van der Waals surface area contributed by atoms with Crippen molar-refractivity contribution < 1.29 is 4.79 Å². The van der Waals surface area contributed by atoms with Crippen LogP contribution in [0.2, 0.25) is 0 Å². The van der Waals surface area contributed by atoms with E-state index in [0.717, 1.165) is 44.7 Å². The van der Waals surface area contributed by atoms with Gasteiger partial charge in [0.2, 0.25) is 5.91 Å². The van der Waals surface area contributed by atoms with E-state index in [1.807, 2.05) is 41.6 Å². The van der Waals surface area contributed by atoms with Crippen molar-refractivity contribution in [3.05, 3.63) is 78.1 Å². The van der Waals surface area contributed by atoms with Crippen LogP contribution in [-0.2, 0) is 17.9 Å². The molecule has 0 aliphatic carbocycles. The summed E-state index contributed by atoms with van der Waals surface area (Å²) in [4.78, 5) is 27.4. The van der Waals surface area contributed by atoms with Gasteiger partial charge in [0.05, 0.1) is 17.7 Å². The molecule has 2 saturated heterocycles. The van der Waals surface area contributed by atoms with E-state index >= 15 is 0 Å². The average molecular weight is 445 g/mol. The van der Waals surface area contributed by atoms with E-state index < -0.39 is 5.41 Å². The second kappa shape index (κ2) is 9.06. The minimum Gasteiger partial charge on any atom is -0.336 e. The lowest BCUT2D eigenvalue weighted by atomic mass is 9.70. The average Bonchev–Trinajstić information content (AvgIpc) is 3.44. The van der Waals surface area contributed by atoms with Gasteiger partial charge in [-0.1, -0.05) is 12.1 Å². The summed E-state index contributed by atoms with van der Waals surface area (Å²) in [7, 11) is 0. The second-order valence-corrected chi connectivity index (χ2v) is 9.69. The Hall–Kier alpha value is -3.06. The Morgan fingerprint density at radius 3 is 2.76 bits per heavy atom. The van der Waals surface area contributed by atoms with Gasteiger partial charge in [-0.25, -0.2) is 0 Å². The summed E-state index contributed by atoms with van der Waals surface area (Å²) in [6.45, 7) is 8.07. The van der Waals surface area contributed by atoms with Crippen molar-refractivity contribution in [3.8, 4) is 0 Å². The molecule has 7 nitrogen and oxygen atoms in total. The third-order valence-corrected chi connectivity index (χ3v) is 7.13. The molecule has 3 aromatic heterocycles. The molecule has 1 spiro atoms. The lowest BCUT2D eigenvalue weighted by Gasteiger charge is -2.42. The number of nitrogens with zero attached hydrogens (tertiary/aromatic N) is 6. The highest BCUT2D eigenvalue weighted by Gasteiger charge is 2.56. The Labute approximate surface area is 195 Å². The van der Waals surface area contributed by atoms with Crippen molar-refractivity contribution in [2.75, 3.05) is 19.6 Å². The molecule has 0 radical (unpaired) electrons. The highest BCUT2D eigenvalue weighted by atomic mass is 16.2. The number of carbonyl (C=O) groups is 1. The van der Waals surface area contributed by atoms with Gasteiger partial charge < -0.3 is 4.90 Å². The first-order valence-electron chi connectivity index (χ1n) is 11.9. The first kappa shape index (κ1) is 21.8. The maximum atomic E-state index is 14.2. The fourth-order valence-corrected chi connectivity index (χ4v) is 5.70. The van der Waals surface area contributed by atoms with Gasteiger partial charge in [0.1, 0.15) is 0 Å². The fourth-order valence-electron chi connectivity index (χ4n) is 5.70. The molecule has 5 heterocycles. The molecule has 2 atom stereocenters. The Morgan fingerprint density at radius 1 is 1.09 bits per heavy atom. The molecule has 0 saturated carbocycles. The zero-order chi connectivity index (χ0) is 22.8. The monoisotopic (exact) mass is 444 g/mol. The SMILES string of the molecule is CC(C)n1nccc1[C@@H]1CN(Cc2cccnc2)C[C@]12CCCN(Cc1ccccn1)C2=O. The summed E-state index contributed by atoms with van der Waals surface area (Å²) in [6.07, 6.45) is 9.32. The molecular weight excluding hydrogens is 412 g/mol. The third-order valence-electron chi connectivity index (χ3n) is 7.13. The molecule has 2 aliphatic rings. The number of carbonyl (C=O) groups excluding carboxylic acids is 1. The normalized spacial score (nSPS) is 23.7. The van der Waals surface area contributed by atoms with Crippen LogP contribution >= 0.6 is 0 Å². The van der Waals surface area contributed by atoms with Gasteiger partial charge in [0.15, 0.2) is 0 Å². The van der Waals surface area contributed by atoms with E-state index in [4.69, 9.17) is 0 Å². The lowest BCUT2D eigenvalue weighted by Crippen LogP contribution is -2.52. The van der Waals surface area contributed by atoms with Crippen LogP contribution in [0.4, 0.5) is 0 Å². The Bertz CT molecular complexity index is 1080. The fraction of sp³-hybridized carbons (Fsp3) is 0.462. The molecule has 2 aliphatic heterocycles. The van der Waals surface area contributed by atoms with Gasteiger partial charge in [-0.15, -0.1) is 0 Å². The molecule has 0 bridgehead atoms. The van der Waals surface area contributed by atoms with Gasteiger partial charge in [-0.2, -0.15) is 5.10 Å². The van der Waals surface area contributed by atoms with E-state index in [2.05, 4.69) is 50.6 Å². The maximum Gasteiger partial charge on any atom is 0.231 e. The zero-order valence-corrected chi connectivity index (χ0v) is 19.5. The molecule has 2 fully saturated rings. The van der Waals surface area contributed by atoms with Crippen molar-refractivity contribution in [1.82, 2.24) is 29.5 Å². The number of pyridine rings is 2. The predicted octanol–water partition coefficient (Wildman–Crippen LogP) is 3.66. The van der Waals surface area contributed by atoms with E-state index in [0.29, 0.717) is 6.54 Å². The van der Waals surface area contributed by atoms with Gasteiger partial charge in [-0.3, -0.25) is 24.3 Å². The number of hydrogen-bond acceptors (Lipinski definition) is 5. The van der Waals surface area contributed by atoms with E-state index in [1.165, 1.54) is 11.3 Å². The minimum absolute atomic E-state index is 0.109. The van der Waals surface area contributed by atoms with E-state index in [1.54, 1.807) is 12.4 Å². The second-order valence-electron chi connectivity index (χ2n) is 9.69. The number of hydrogen-bond donors (Lipinski definition) is 0. The van der Waals surface area contributed by atoms with Crippen LogP contribution in [0.15, 0.2) is 61.2 Å². The Morgan fingerprint density at radius 2 is 2.00 bits per heavy atom. The van der Waals surface area contributed by atoms with Crippen LogP contribution in [0.25, 0.3) is 0 Å². The zero-order valence-electron chi connectivity index (χ0n) is 19.5. The molecule has 5 rings (SSSR count). The number of amides is 1. The molecule has 0 unspecified atom stereocenters. The van der Waals surface area contributed by atoms with Crippen LogP contribution in [0.1, 0.15) is 55.6 Å². The summed E-state index contributed by atoms with van der Waals surface area (Å²) >= 11 is 0. The molecule has 1 amide bonds.